The van der Waals surface area contributed by atoms with Gasteiger partial charge in [-0.3, -0.25) is 9.59 Å². The van der Waals surface area contributed by atoms with Crippen LogP contribution < -0.4 is 0 Å². The number of allylic oxidation sites excluding steroid dienone is 4. The number of fused-ring (bicyclic) bond motifs is 8. The van der Waals surface area contributed by atoms with E-state index in [1.807, 2.05) is 18.2 Å². The maximum absolute atomic E-state index is 14.4. The van der Waals surface area contributed by atoms with Gasteiger partial charge in [-0.05, 0) is 68.2 Å². The molecule has 0 spiro atoms. The number of thioether (sulfide) groups is 1. The number of ketones is 2. The SMILES string of the molecule is CCC[C@H]1O[C@H]2CC3C4CCC5=CC(=O)C=CC5(C)C4[C@@H](O)CC3(C)[C@]2(C(=O)CSc2nc3cccnc3s2)O1. The molecule has 212 valence electrons. The number of carbonyl (C=O) groups is 2. The quantitative estimate of drug-likeness (QED) is 0.446. The zero-order valence-electron chi connectivity index (χ0n) is 23.2. The molecule has 3 saturated carbocycles. The summed E-state index contributed by atoms with van der Waals surface area (Å²) in [5, 5.41) is 11.9. The van der Waals surface area contributed by atoms with E-state index in [0.717, 1.165) is 52.4 Å². The lowest BCUT2D eigenvalue weighted by atomic mass is 9.46. The Labute approximate surface area is 242 Å². The van der Waals surface area contributed by atoms with Gasteiger partial charge in [0.05, 0.1) is 18.0 Å². The van der Waals surface area contributed by atoms with Crippen LogP contribution in [0.1, 0.15) is 59.3 Å². The largest absolute Gasteiger partial charge is 0.393 e. The van der Waals surface area contributed by atoms with Crippen LogP contribution in [-0.4, -0.2) is 56.5 Å². The van der Waals surface area contributed by atoms with Crippen LogP contribution in [0.4, 0.5) is 0 Å². The third-order valence-corrected chi connectivity index (χ3v) is 12.8. The van der Waals surface area contributed by atoms with Crippen LogP contribution in [0.5, 0.6) is 0 Å². The van der Waals surface area contributed by atoms with Crippen molar-refractivity contribution in [1.29, 1.82) is 0 Å². The van der Waals surface area contributed by atoms with E-state index in [0.29, 0.717) is 6.42 Å². The molecule has 5 aliphatic rings. The number of pyridine rings is 1. The summed E-state index contributed by atoms with van der Waals surface area (Å²) in [6, 6.07) is 3.81. The van der Waals surface area contributed by atoms with E-state index >= 15 is 0 Å². The van der Waals surface area contributed by atoms with Crippen molar-refractivity contribution in [2.45, 2.75) is 87.7 Å². The Balaban J connectivity index is 1.22. The number of Topliss-reactive ketones (excluding diaryl/α,β-unsaturated/α-hetero) is 1. The van der Waals surface area contributed by atoms with Gasteiger partial charge in [-0.2, -0.15) is 0 Å². The van der Waals surface area contributed by atoms with Gasteiger partial charge < -0.3 is 14.6 Å². The molecule has 2 aromatic heterocycles. The van der Waals surface area contributed by atoms with Gasteiger partial charge in [0.25, 0.3) is 0 Å². The van der Waals surface area contributed by atoms with Gasteiger partial charge in [-0.15, -0.1) is 0 Å². The Morgan fingerprint density at radius 3 is 2.98 bits per heavy atom. The van der Waals surface area contributed by atoms with Crippen LogP contribution in [0.2, 0.25) is 0 Å². The highest BCUT2D eigenvalue weighted by Crippen LogP contribution is 2.69. The average molecular weight is 581 g/mol. The Hall–Kier alpha value is -1.91. The number of thiazole rings is 1. The Morgan fingerprint density at radius 1 is 1.32 bits per heavy atom. The number of nitrogens with zero attached hydrogens (tertiary/aromatic N) is 2. The molecule has 0 bridgehead atoms. The second-order valence-corrected chi connectivity index (χ2v) is 14.9. The first-order chi connectivity index (χ1) is 19.2. The van der Waals surface area contributed by atoms with E-state index in [-0.39, 0.29) is 46.6 Å². The van der Waals surface area contributed by atoms with Gasteiger partial charge in [0.1, 0.15) is 10.3 Å². The molecule has 1 aliphatic heterocycles. The molecule has 7 nitrogen and oxygen atoms in total. The van der Waals surface area contributed by atoms with Crippen molar-refractivity contribution >= 4 is 45.0 Å². The van der Waals surface area contributed by atoms with Crippen molar-refractivity contribution in [2.24, 2.45) is 28.6 Å². The highest BCUT2D eigenvalue weighted by Gasteiger charge is 2.75. The van der Waals surface area contributed by atoms with E-state index in [9.17, 15) is 14.7 Å². The maximum Gasteiger partial charge on any atom is 0.178 e. The minimum absolute atomic E-state index is 0.00281. The number of carbonyl (C=O) groups excluding carboxylic acids is 2. The highest BCUT2D eigenvalue weighted by atomic mass is 32.2. The number of hydrogen-bond acceptors (Lipinski definition) is 9. The molecular formula is C31H36N2O5S2. The predicted molar refractivity (Wildman–Crippen MR) is 154 cm³/mol. The first-order valence-corrected chi connectivity index (χ1v) is 16.3. The molecule has 2 aromatic rings. The number of rotatable bonds is 6. The van der Waals surface area contributed by atoms with Gasteiger partial charge in [0.15, 0.2) is 27.8 Å². The third kappa shape index (κ3) is 3.73. The van der Waals surface area contributed by atoms with Crippen molar-refractivity contribution < 1.29 is 24.2 Å². The lowest BCUT2D eigenvalue weighted by molar-refractivity contribution is -0.197. The number of aromatic nitrogens is 2. The summed E-state index contributed by atoms with van der Waals surface area (Å²) in [7, 11) is 0. The van der Waals surface area contributed by atoms with Crippen molar-refractivity contribution in [3.05, 3.63) is 42.1 Å². The molecular weight excluding hydrogens is 544 g/mol. The monoisotopic (exact) mass is 580 g/mol. The highest BCUT2D eigenvalue weighted by molar-refractivity contribution is 8.01. The molecule has 40 heavy (non-hydrogen) atoms. The van der Waals surface area contributed by atoms with E-state index in [4.69, 9.17) is 9.47 Å². The van der Waals surface area contributed by atoms with Crippen LogP contribution in [0.25, 0.3) is 10.3 Å². The van der Waals surface area contributed by atoms with Gasteiger partial charge in [0.2, 0.25) is 0 Å². The fourth-order valence-corrected chi connectivity index (χ4v) is 11.0. The standard InChI is InChI=1S/C31H36N2O5S2/c1-4-6-25-37-24-14-20-19-9-8-17-13-18(34)10-11-29(17,2)26(19)22(35)15-30(20,3)31(24,38-25)23(36)16-39-28-33-21-7-5-12-32-27(21)40-28/h5,7,10-13,19-20,22,24-26,35H,4,6,8-9,14-16H2,1-3H3/t19?,20?,22-,24-,25-,26?,29?,30?,31+/m0/s1. The molecule has 0 radical (unpaired) electrons. The van der Waals surface area contributed by atoms with Crippen LogP contribution in [0.15, 0.2) is 46.5 Å². The van der Waals surface area contributed by atoms with E-state index < -0.39 is 23.4 Å². The number of aliphatic hydroxyl groups excluding tert-OH is 1. The van der Waals surface area contributed by atoms with Crippen LogP contribution in [-0.2, 0) is 19.1 Å². The van der Waals surface area contributed by atoms with Crippen molar-refractivity contribution in [3.8, 4) is 0 Å². The number of hydrogen-bond donors (Lipinski definition) is 1. The molecule has 9 heteroatoms. The maximum atomic E-state index is 14.4. The fraction of sp³-hybridized carbons (Fsp3) is 0.613. The first kappa shape index (κ1) is 27.0. The van der Waals surface area contributed by atoms with E-state index in [2.05, 4.69) is 30.7 Å². The Kier molecular flexibility index (Phi) is 6.44. The zero-order chi connectivity index (χ0) is 27.9. The Bertz CT molecular complexity index is 1400. The Morgan fingerprint density at radius 2 is 2.17 bits per heavy atom. The molecule has 4 aliphatic carbocycles. The zero-order valence-corrected chi connectivity index (χ0v) is 24.8. The summed E-state index contributed by atoms with van der Waals surface area (Å²) < 4.78 is 14.1. The average Bonchev–Trinajstić information content (AvgIpc) is 3.57. The number of ether oxygens (including phenoxy) is 2. The minimum Gasteiger partial charge on any atom is -0.393 e. The molecule has 1 saturated heterocycles. The van der Waals surface area contributed by atoms with Gasteiger partial charge in [-0.1, -0.05) is 61.9 Å². The lowest BCUT2D eigenvalue weighted by Gasteiger charge is -2.59. The van der Waals surface area contributed by atoms with Crippen molar-refractivity contribution in [2.75, 3.05) is 5.75 Å². The third-order valence-electron chi connectivity index (χ3n) is 10.7. The molecule has 4 fully saturated rings. The van der Waals surface area contributed by atoms with E-state index in [1.54, 1.807) is 18.3 Å². The van der Waals surface area contributed by atoms with Crippen molar-refractivity contribution in [1.82, 2.24) is 9.97 Å². The smallest absolute Gasteiger partial charge is 0.178 e. The summed E-state index contributed by atoms with van der Waals surface area (Å²) in [6.07, 6.45) is 10.5. The first-order valence-electron chi connectivity index (χ1n) is 14.5. The second-order valence-electron chi connectivity index (χ2n) is 12.7. The van der Waals surface area contributed by atoms with Crippen LogP contribution in [0, 0.1) is 28.6 Å². The molecule has 1 N–H and O–H groups in total. The number of aliphatic hydroxyl groups is 1. The lowest BCUT2D eigenvalue weighted by Crippen LogP contribution is -2.63. The molecule has 5 unspecified atom stereocenters. The summed E-state index contributed by atoms with van der Waals surface area (Å²) in [5.74, 6) is 0.695. The molecule has 7 rings (SSSR count). The van der Waals surface area contributed by atoms with E-state index in [1.165, 1.54) is 23.1 Å². The molecule has 0 amide bonds. The minimum atomic E-state index is -1.10. The molecule has 0 aromatic carbocycles. The van der Waals surface area contributed by atoms with Crippen LogP contribution in [0.3, 0.4) is 0 Å². The predicted octanol–water partition coefficient (Wildman–Crippen LogP) is 5.52. The fourth-order valence-electron chi connectivity index (χ4n) is 9.05. The normalized spacial score (nSPS) is 41.8. The van der Waals surface area contributed by atoms with Crippen molar-refractivity contribution in [3.63, 3.8) is 0 Å². The second kappa shape index (κ2) is 9.56. The van der Waals surface area contributed by atoms with Gasteiger partial charge >= 0.3 is 0 Å². The summed E-state index contributed by atoms with van der Waals surface area (Å²) in [5.41, 5.74) is -0.0329. The van der Waals surface area contributed by atoms with Crippen LogP contribution >= 0.6 is 23.1 Å². The molecule has 9 atom stereocenters. The van der Waals surface area contributed by atoms with Gasteiger partial charge in [0, 0.05) is 22.9 Å². The summed E-state index contributed by atoms with van der Waals surface area (Å²) in [4.78, 5) is 36.6. The summed E-state index contributed by atoms with van der Waals surface area (Å²) >= 11 is 2.95. The van der Waals surface area contributed by atoms with Gasteiger partial charge in [-0.25, -0.2) is 9.97 Å². The summed E-state index contributed by atoms with van der Waals surface area (Å²) in [6.45, 7) is 6.45. The topological polar surface area (TPSA) is 98.6 Å². The molecule has 3 heterocycles.